The summed E-state index contributed by atoms with van der Waals surface area (Å²) >= 11 is 0. The number of rotatable bonds is 7. The summed E-state index contributed by atoms with van der Waals surface area (Å²) in [6.07, 6.45) is 9.48. The Kier molecular flexibility index (Phi) is 6.34. The molecule has 6 heterocycles. The van der Waals surface area contributed by atoms with Crippen molar-refractivity contribution < 1.29 is 9.15 Å². The quantitative estimate of drug-likeness (QED) is 0.298. The molecule has 0 atom stereocenters. The number of fused-ring (bicyclic) bond motifs is 3. The molecule has 5 aromatic heterocycles. The molecular formula is C26H29N9O3. The van der Waals surface area contributed by atoms with Crippen LogP contribution in [0, 0.1) is 0 Å². The molecule has 0 aromatic carbocycles. The van der Waals surface area contributed by atoms with Crippen molar-refractivity contribution in [1.29, 1.82) is 0 Å². The molecule has 0 unspecified atom stereocenters. The van der Waals surface area contributed by atoms with Gasteiger partial charge in [-0.05, 0) is 19.5 Å². The number of aromatic nitrogens is 7. The lowest BCUT2D eigenvalue weighted by molar-refractivity contribution is 0.190. The van der Waals surface area contributed by atoms with Crippen LogP contribution >= 0.6 is 0 Å². The summed E-state index contributed by atoms with van der Waals surface area (Å²) in [5.41, 5.74) is 3.74. The minimum absolute atomic E-state index is 0.353. The van der Waals surface area contributed by atoms with Gasteiger partial charge in [0.1, 0.15) is 22.7 Å². The molecule has 0 bridgehead atoms. The number of hydrogen-bond donors (Lipinski definition) is 0. The van der Waals surface area contributed by atoms with Crippen LogP contribution in [0.1, 0.15) is 6.42 Å². The van der Waals surface area contributed by atoms with Gasteiger partial charge in [0.05, 0.1) is 24.0 Å². The van der Waals surface area contributed by atoms with E-state index < -0.39 is 0 Å². The zero-order valence-electron chi connectivity index (χ0n) is 21.7. The summed E-state index contributed by atoms with van der Waals surface area (Å²) in [7, 11) is 5.62. The number of piperazine rings is 1. The van der Waals surface area contributed by atoms with Crippen LogP contribution in [-0.4, -0.2) is 86.1 Å². The molecular weight excluding hydrogens is 486 g/mol. The molecule has 1 aliphatic heterocycles. The lowest BCUT2D eigenvalue weighted by atomic mass is 10.1. The Balaban J connectivity index is 1.48. The molecule has 6 rings (SSSR count). The first kappa shape index (κ1) is 24.2. The second-order valence-electron chi connectivity index (χ2n) is 9.55. The van der Waals surface area contributed by atoms with E-state index in [4.69, 9.17) is 9.15 Å². The van der Waals surface area contributed by atoms with Crippen molar-refractivity contribution in [3.05, 3.63) is 47.5 Å². The maximum atomic E-state index is 13.3. The second kappa shape index (κ2) is 9.95. The van der Waals surface area contributed by atoms with Gasteiger partial charge < -0.3 is 19.0 Å². The number of likely N-dealkylation sites (N-methyl/N-ethyl adjacent to an activating group) is 1. The van der Waals surface area contributed by atoms with E-state index in [1.807, 2.05) is 19.3 Å². The average molecular weight is 516 g/mol. The normalized spacial score (nSPS) is 14.7. The van der Waals surface area contributed by atoms with Crippen LogP contribution in [0.15, 0.2) is 46.3 Å². The van der Waals surface area contributed by atoms with Crippen molar-refractivity contribution in [2.45, 2.75) is 13.0 Å². The highest BCUT2D eigenvalue weighted by Gasteiger charge is 2.22. The standard InChI is InChI=1S/C26H29N9O3/c1-32-6-8-34(9-7-32)21-15-27-20(14-28-21)22-24-23(35(26(36)31-22)5-4-10-37-3)19-11-17(12-29-25(19)38-24)18-13-30-33(2)16-18/h11-16H,4-10H2,1-3H3. The van der Waals surface area contributed by atoms with Gasteiger partial charge >= 0.3 is 5.69 Å². The maximum Gasteiger partial charge on any atom is 0.348 e. The summed E-state index contributed by atoms with van der Waals surface area (Å²) in [5, 5.41) is 4.99. The fourth-order valence-electron chi connectivity index (χ4n) is 4.82. The van der Waals surface area contributed by atoms with E-state index in [0.717, 1.165) is 48.5 Å². The number of anilines is 1. The molecule has 12 nitrogen and oxygen atoms in total. The maximum absolute atomic E-state index is 13.3. The summed E-state index contributed by atoms with van der Waals surface area (Å²) in [5.74, 6) is 0.804. The van der Waals surface area contributed by atoms with Gasteiger partial charge in [0.25, 0.3) is 0 Å². The smallest absolute Gasteiger partial charge is 0.348 e. The van der Waals surface area contributed by atoms with Crippen LogP contribution in [0.2, 0.25) is 0 Å². The van der Waals surface area contributed by atoms with Crippen LogP contribution in [-0.2, 0) is 18.3 Å². The third kappa shape index (κ3) is 4.41. The van der Waals surface area contributed by atoms with Crippen LogP contribution in [0.25, 0.3) is 44.7 Å². The summed E-state index contributed by atoms with van der Waals surface area (Å²) in [6.45, 7) is 4.66. The van der Waals surface area contributed by atoms with E-state index in [1.165, 1.54) is 0 Å². The number of aryl methyl sites for hydroxylation is 2. The van der Waals surface area contributed by atoms with Crippen LogP contribution < -0.4 is 10.6 Å². The Bertz CT molecular complexity index is 1650. The van der Waals surface area contributed by atoms with E-state index >= 15 is 0 Å². The Morgan fingerprint density at radius 2 is 1.84 bits per heavy atom. The van der Waals surface area contributed by atoms with Crippen LogP contribution in [0.3, 0.4) is 0 Å². The molecule has 5 aromatic rings. The van der Waals surface area contributed by atoms with Gasteiger partial charge in [0.2, 0.25) is 5.71 Å². The van der Waals surface area contributed by atoms with E-state index in [9.17, 15) is 4.79 Å². The number of methoxy groups -OCH3 is 1. The van der Waals surface area contributed by atoms with Crippen LogP contribution in [0.5, 0.6) is 0 Å². The number of ether oxygens (including phenoxy) is 1. The zero-order chi connectivity index (χ0) is 26.2. The molecule has 196 valence electrons. The Labute approximate surface area is 218 Å². The van der Waals surface area contributed by atoms with Gasteiger partial charge in [0.15, 0.2) is 5.58 Å². The van der Waals surface area contributed by atoms with Crippen molar-refractivity contribution in [3.8, 4) is 22.5 Å². The van der Waals surface area contributed by atoms with Crippen molar-refractivity contribution >= 4 is 28.0 Å². The molecule has 0 N–H and O–H groups in total. The number of nitrogens with zero attached hydrogens (tertiary/aromatic N) is 9. The summed E-state index contributed by atoms with van der Waals surface area (Å²) < 4.78 is 14.8. The molecule has 1 saturated heterocycles. The highest BCUT2D eigenvalue weighted by molar-refractivity contribution is 6.06. The third-order valence-corrected chi connectivity index (χ3v) is 6.92. The highest BCUT2D eigenvalue weighted by atomic mass is 16.5. The molecule has 0 amide bonds. The summed E-state index contributed by atoms with van der Waals surface area (Å²) in [6, 6.07) is 1.98. The van der Waals surface area contributed by atoms with Crippen molar-refractivity contribution in [3.63, 3.8) is 0 Å². The second-order valence-corrected chi connectivity index (χ2v) is 9.55. The number of furan rings is 1. The minimum atomic E-state index is -0.386. The number of hydrogen-bond acceptors (Lipinski definition) is 10. The van der Waals surface area contributed by atoms with Crippen molar-refractivity contribution in [2.24, 2.45) is 7.05 Å². The molecule has 38 heavy (non-hydrogen) atoms. The van der Waals surface area contributed by atoms with Gasteiger partial charge in [0, 0.05) is 77.0 Å². The van der Waals surface area contributed by atoms with Crippen molar-refractivity contribution in [2.75, 3.05) is 51.8 Å². The molecule has 1 fully saturated rings. The average Bonchev–Trinajstić information content (AvgIpc) is 3.54. The summed E-state index contributed by atoms with van der Waals surface area (Å²) in [4.78, 5) is 36.1. The Morgan fingerprint density at radius 3 is 2.55 bits per heavy atom. The number of pyridine rings is 1. The topological polar surface area (TPSA) is 120 Å². The third-order valence-electron chi connectivity index (χ3n) is 6.92. The van der Waals surface area contributed by atoms with Gasteiger partial charge in [-0.1, -0.05) is 0 Å². The van der Waals surface area contributed by atoms with Crippen molar-refractivity contribution in [1.82, 2.24) is 39.2 Å². The Morgan fingerprint density at radius 1 is 1.00 bits per heavy atom. The van der Waals surface area contributed by atoms with Crippen LogP contribution in [0.4, 0.5) is 5.82 Å². The first-order valence-corrected chi connectivity index (χ1v) is 12.6. The monoisotopic (exact) mass is 515 g/mol. The molecule has 0 aliphatic carbocycles. The lowest BCUT2D eigenvalue weighted by Gasteiger charge is -2.32. The lowest BCUT2D eigenvalue weighted by Crippen LogP contribution is -2.44. The molecule has 1 aliphatic rings. The Hall–Kier alpha value is -4.16. The SMILES string of the molecule is COCCCn1c(=O)nc(-c2cnc(N3CCN(C)CC3)cn2)c2oc3ncc(-c4cnn(C)c4)cc3c21. The highest BCUT2D eigenvalue weighted by Crippen LogP contribution is 2.34. The molecule has 0 radical (unpaired) electrons. The zero-order valence-corrected chi connectivity index (χ0v) is 21.7. The predicted octanol–water partition coefficient (Wildman–Crippen LogP) is 2.18. The first-order chi connectivity index (χ1) is 18.5. The van der Waals surface area contributed by atoms with Gasteiger partial charge in [-0.15, -0.1) is 0 Å². The van der Waals surface area contributed by atoms with E-state index in [0.29, 0.717) is 47.8 Å². The largest absolute Gasteiger partial charge is 0.434 e. The molecule has 0 saturated carbocycles. The van der Waals surface area contributed by atoms with Gasteiger partial charge in [-0.2, -0.15) is 10.1 Å². The van der Waals surface area contributed by atoms with E-state index in [-0.39, 0.29) is 5.69 Å². The first-order valence-electron chi connectivity index (χ1n) is 12.6. The molecule has 12 heteroatoms. The fraction of sp³-hybridized carbons (Fsp3) is 0.385. The fourth-order valence-corrected chi connectivity index (χ4v) is 4.82. The van der Waals surface area contributed by atoms with E-state index in [2.05, 4.69) is 41.9 Å². The van der Waals surface area contributed by atoms with E-state index in [1.54, 1.807) is 41.1 Å². The minimum Gasteiger partial charge on any atom is -0.434 e. The molecule has 0 spiro atoms. The van der Waals surface area contributed by atoms with Gasteiger partial charge in [-0.25, -0.2) is 19.7 Å². The predicted molar refractivity (Wildman–Crippen MR) is 143 cm³/mol. The van der Waals surface area contributed by atoms with Gasteiger partial charge in [-0.3, -0.25) is 9.25 Å².